The molecule has 1 aromatic heterocycles. The standard InChI is InChI=1S/C15H19N3O2S/c1-3-9-18-13-7-5-4-6-12(13)17-15(18)21-11-14(19)16-8-10-20-2/h3-7H,1,8-11H2,2H3,(H,16,19). The highest BCUT2D eigenvalue weighted by molar-refractivity contribution is 7.99. The predicted octanol–water partition coefficient (Wildman–Crippen LogP) is 2.08. The number of rotatable bonds is 8. The van der Waals surface area contributed by atoms with Gasteiger partial charge in [0.2, 0.25) is 5.91 Å². The van der Waals surface area contributed by atoms with Crippen LogP contribution in [0.3, 0.4) is 0 Å². The lowest BCUT2D eigenvalue weighted by molar-refractivity contribution is -0.118. The molecule has 0 saturated heterocycles. The Hall–Kier alpha value is -1.79. The molecule has 1 amide bonds. The van der Waals surface area contributed by atoms with Gasteiger partial charge in [-0.05, 0) is 12.1 Å². The number of aromatic nitrogens is 2. The van der Waals surface area contributed by atoms with Gasteiger partial charge in [0.15, 0.2) is 5.16 Å². The lowest BCUT2D eigenvalue weighted by Gasteiger charge is -2.06. The van der Waals surface area contributed by atoms with Gasteiger partial charge in [0.05, 0.1) is 23.4 Å². The summed E-state index contributed by atoms with van der Waals surface area (Å²) in [6.45, 7) is 5.50. The number of fused-ring (bicyclic) bond motifs is 1. The van der Waals surface area contributed by atoms with Crippen molar-refractivity contribution in [3.63, 3.8) is 0 Å². The molecule has 2 rings (SSSR count). The van der Waals surface area contributed by atoms with Crippen LogP contribution < -0.4 is 5.32 Å². The van der Waals surface area contributed by atoms with Gasteiger partial charge in [0.1, 0.15) is 0 Å². The van der Waals surface area contributed by atoms with Crippen molar-refractivity contribution in [2.24, 2.45) is 0 Å². The molecule has 1 N–H and O–H groups in total. The van der Waals surface area contributed by atoms with Gasteiger partial charge in [0, 0.05) is 20.2 Å². The van der Waals surface area contributed by atoms with Crippen LogP contribution in [0.5, 0.6) is 0 Å². The van der Waals surface area contributed by atoms with Gasteiger partial charge in [-0.3, -0.25) is 4.79 Å². The summed E-state index contributed by atoms with van der Waals surface area (Å²) >= 11 is 1.43. The number of ether oxygens (including phenoxy) is 1. The Balaban J connectivity index is 2.05. The number of allylic oxidation sites excluding steroid dienone is 1. The molecule has 0 bridgehead atoms. The van der Waals surface area contributed by atoms with E-state index in [-0.39, 0.29) is 5.91 Å². The summed E-state index contributed by atoms with van der Waals surface area (Å²) in [5.74, 6) is 0.318. The summed E-state index contributed by atoms with van der Waals surface area (Å²) < 4.78 is 6.96. The molecule has 0 spiro atoms. The van der Waals surface area contributed by atoms with E-state index in [1.165, 1.54) is 11.8 Å². The minimum absolute atomic E-state index is 0.0192. The third-order valence-corrected chi connectivity index (χ3v) is 3.87. The predicted molar refractivity (Wildman–Crippen MR) is 85.5 cm³/mol. The number of benzene rings is 1. The zero-order valence-electron chi connectivity index (χ0n) is 12.0. The minimum atomic E-state index is -0.0192. The van der Waals surface area contributed by atoms with Gasteiger partial charge in [0.25, 0.3) is 0 Å². The highest BCUT2D eigenvalue weighted by Crippen LogP contribution is 2.23. The molecule has 0 unspecified atom stereocenters. The molecule has 0 fully saturated rings. The molecule has 0 saturated carbocycles. The van der Waals surface area contributed by atoms with Gasteiger partial charge in [-0.15, -0.1) is 6.58 Å². The first kappa shape index (κ1) is 15.6. The molecular formula is C15H19N3O2S. The van der Waals surface area contributed by atoms with Crippen molar-refractivity contribution in [1.82, 2.24) is 14.9 Å². The summed E-state index contributed by atoms with van der Waals surface area (Å²) in [7, 11) is 1.61. The van der Waals surface area contributed by atoms with Crippen LogP contribution >= 0.6 is 11.8 Å². The van der Waals surface area contributed by atoms with Gasteiger partial charge in [-0.25, -0.2) is 4.98 Å². The Morgan fingerprint density at radius 1 is 1.52 bits per heavy atom. The number of nitrogens with zero attached hydrogens (tertiary/aromatic N) is 2. The Morgan fingerprint density at radius 3 is 3.10 bits per heavy atom. The zero-order chi connectivity index (χ0) is 15.1. The minimum Gasteiger partial charge on any atom is -0.383 e. The van der Waals surface area contributed by atoms with E-state index in [0.717, 1.165) is 16.2 Å². The van der Waals surface area contributed by atoms with E-state index in [4.69, 9.17) is 4.74 Å². The Bertz CT molecular complexity index is 624. The molecule has 0 atom stereocenters. The van der Waals surface area contributed by atoms with Crippen LogP contribution in [0.2, 0.25) is 0 Å². The van der Waals surface area contributed by atoms with Crippen LogP contribution in [-0.4, -0.2) is 41.5 Å². The Kier molecular flexibility index (Phi) is 5.83. The molecule has 0 aliphatic rings. The number of hydrogen-bond donors (Lipinski definition) is 1. The van der Waals surface area contributed by atoms with E-state index in [1.54, 1.807) is 7.11 Å². The van der Waals surface area contributed by atoms with Crippen molar-refractivity contribution in [2.75, 3.05) is 26.0 Å². The van der Waals surface area contributed by atoms with E-state index < -0.39 is 0 Å². The first-order valence-corrected chi connectivity index (χ1v) is 7.69. The largest absolute Gasteiger partial charge is 0.383 e. The van der Waals surface area contributed by atoms with Gasteiger partial charge in [-0.1, -0.05) is 30.0 Å². The average Bonchev–Trinajstić information content (AvgIpc) is 2.84. The molecule has 0 aliphatic carbocycles. The van der Waals surface area contributed by atoms with Crippen LogP contribution in [0.1, 0.15) is 0 Å². The van der Waals surface area contributed by atoms with E-state index in [0.29, 0.717) is 25.4 Å². The number of methoxy groups -OCH3 is 1. The van der Waals surface area contributed by atoms with Crippen LogP contribution in [0.25, 0.3) is 11.0 Å². The molecule has 0 radical (unpaired) electrons. The maximum absolute atomic E-state index is 11.7. The van der Waals surface area contributed by atoms with Crippen molar-refractivity contribution in [1.29, 1.82) is 0 Å². The van der Waals surface area contributed by atoms with Crippen molar-refractivity contribution in [3.05, 3.63) is 36.9 Å². The fourth-order valence-corrected chi connectivity index (χ4v) is 2.80. The van der Waals surface area contributed by atoms with Gasteiger partial charge < -0.3 is 14.6 Å². The quantitative estimate of drug-likeness (QED) is 0.461. The molecule has 5 nitrogen and oxygen atoms in total. The first-order chi connectivity index (χ1) is 10.3. The lowest BCUT2D eigenvalue weighted by Crippen LogP contribution is -2.28. The highest BCUT2D eigenvalue weighted by Gasteiger charge is 2.11. The number of nitrogens with one attached hydrogen (secondary N) is 1. The molecule has 112 valence electrons. The Morgan fingerprint density at radius 2 is 2.33 bits per heavy atom. The number of para-hydroxylation sites is 2. The summed E-state index contributed by atoms with van der Waals surface area (Å²) in [6.07, 6.45) is 1.83. The fraction of sp³-hybridized carbons (Fsp3) is 0.333. The fourth-order valence-electron chi connectivity index (χ4n) is 1.94. The summed E-state index contributed by atoms with van der Waals surface area (Å²) in [5.41, 5.74) is 1.99. The van der Waals surface area contributed by atoms with E-state index in [1.807, 2.05) is 30.3 Å². The normalized spacial score (nSPS) is 10.7. The van der Waals surface area contributed by atoms with Crippen molar-refractivity contribution < 1.29 is 9.53 Å². The monoisotopic (exact) mass is 305 g/mol. The van der Waals surface area contributed by atoms with E-state index in [9.17, 15) is 4.79 Å². The summed E-state index contributed by atoms with van der Waals surface area (Å²) in [5, 5.41) is 3.63. The topological polar surface area (TPSA) is 56.2 Å². The van der Waals surface area contributed by atoms with Gasteiger partial charge >= 0.3 is 0 Å². The second kappa shape index (κ2) is 7.85. The number of imidazole rings is 1. The molecule has 1 heterocycles. The molecule has 0 aliphatic heterocycles. The van der Waals surface area contributed by atoms with Crippen molar-refractivity contribution in [3.8, 4) is 0 Å². The average molecular weight is 305 g/mol. The lowest BCUT2D eigenvalue weighted by atomic mass is 10.3. The Labute approximate surface area is 128 Å². The summed E-state index contributed by atoms with van der Waals surface area (Å²) in [6, 6.07) is 7.93. The van der Waals surface area contributed by atoms with E-state index in [2.05, 4.69) is 21.4 Å². The van der Waals surface area contributed by atoms with Crippen LogP contribution in [-0.2, 0) is 16.1 Å². The zero-order valence-corrected chi connectivity index (χ0v) is 12.9. The van der Waals surface area contributed by atoms with Gasteiger partial charge in [-0.2, -0.15) is 0 Å². The smallest absolute Gasteiger partial charge is 0.230 e. The third-order valence-electron chi connectivity index (χ3n) is 2.89. The first-order valence-electron chi connectivity index (χ1n) is 6.71. The third kappa shape index (κ3) is 4.09. The molecule has 1 aromatic carbocycles. The molecular weight excluding hydrogens is 286 g/mol. The second-order valence-electron chi connectivity index (χ2n) is 4.41. The SMILES string of the molecule is C=CCn1c(SCC(=O)NCCOC)nc2ccccc21. The van der Waals surface area contributed by atoms with Crippen LogP contribution in [0.4, 0.5) is 0 Å². The number of carbonyl (C=O) groups excluding carboxylic acids is 1. The number of amides is 1. The van der Waals surface area contributed by atoms with Crippen LogP contribution in [0.15, 0.2) is 42.1 Å². The second-order valence-corrected chi connectivity index (χ2v) is 5.36. The highest BCUT2D eigenvalue weighted by atomic mass is 32.2. The maximum atomic E-state index is 11.7. The maximum Gasteiger partial charge on any atom is 0.230 e. The number of thioether (sulfide) groups is 1. The molecule has 6 heteroatoms. The summed E-state index contributed by atoms with van der Waals surface area (Å²) in [4.78, 5) is 16.3. The number of carbonyl (C=O) groups is 1. The van der Waals surface area contributed by atoms with Crippen molar-refractivity contribution >= 4 is 28.7 Å². The van der Waals surface area contributed by atoms with Crippen molar-refractivity contribution in [2.45, 2.75) is 11.7 Å². The molecule has 21 heavy (non-hydrogen) atoms. The van der Waals surface area contributed by atoms with E-state index >= 15 is 0 Å². The van der Waals surface area contributed by atoms with Crippen LogP contribution in [0, 0.1) is 0 Å². The number of hydrogen-bond acceptors (Lipinski definition) is 4. The molecule has 2 aromatic rings.